The maximum atomic E-state index is 13.2. The van der Waals surface area contributed by atoms with Crippen molar-refractivity contribution in [1.82, 2.24) is 5.32 Å². The lowest BCUT2D eigenvalue weighted by Crippen LogP contribution is -2.17. The standard InChI is InChI=1S/C18H12FNO4S2/c1-23-14-7-10(8-15-16(21)20-18(25)26-15)5-6-13(14)24-17(22)11-3-2-4-12(19)9-11/h2-9H,1H3,(H,20,21,25)/b15-8-. The Balaban J connectivity index is 1.83. The van der Waals surface area contributed by atoms with E-state index in [9.17, 15) is 14.0 Å². The predicted octanol–water partition coefficient (Wildman–Crippen LogP) is 3.54. The number of esters is 1. The minimum Gasteiger partial charge on any atom is -0.493 e. The van der Waals surface area contributed by atoms with Crippen molar-refractivity contribution in [3.05, 3.63) is 64.3 Å². The van der Waals surface area contributed by atoms with Crippen LogP contribution >= 0.6 is 24.0 Å². The molecule has 1 heterocycles. The lowest BCUT2D eigenvalue weighted by molar-refractivity contribution is -0.115. The van der Waals surface area contributed by atoms with E-state index in [1.165, 1.54) is 43.1 Å². The molecule has 132 valence electrons. The van der Waals surface area contributed by atoms with Crippen LogP contribution in [0.4, 0.5) is 4.39 Å². The van der Waals surface area contributed by atoms with Crippen LogP contribution in [0.5, 0.6) is 11.5 Å². The smallest absolute Gasteiger partial charge is 0.343 e. The first kappa shape index (κ1) is 18.1. The molecule has 0 unspecified atom stereocenters. The number of carbonyl (C=O) groups excluding carboxylic acids is 2. The van der Waals surface area contributed by atoms with Crippen LogP contribution in [-0.4, -0.2) is 23.3 Å². The van der Waals surface area contributed by atoms with Gasteiger partial charge in [-0.15, -0.1) is 0 Å². The highest BCUT2D eigenvalue weighted by atomic mass is 32.2. The third-order valence-corrected chi connectivity index (χ3v) is 4.55. The number of nitrogens with one attached hydrogen (secondary N) is 1. The van der Waals surface area contributed by atoms with E-state index in [1.807, 2.05) is 0 Å². The average molecular weight is 389 g/mol. The van der Waals surface area contributed by atoms with E-state index in [-0.39, 0.29) is 17.2 Å². The van der Waals surface area contributed by atoms with Crippen LogP contribution in [0.15, 0.2) is 47.4 Å². The number of hydrogen-bond acceptors (Lipinski definition) is 6. The zero-order chi connectivity index (χ0) is 18.7. The molecule has 0 spiro atoms. The van der Waals surface area contributed by atoms with Crippen LogP contribution in [-0.2, 0) is 4.79 Å². The number of rotatable bonds is 4. The van der Waals surface area contributed by atoms with Crippen LogP contribution in [0.3, 0.4) is 0 Å². The van der Waals surface area contributed by atoms with Crippen molar-refractivity contribution in [3.63, 3.8) is 0 Å². The molecule has 2 aromatic carbocycles. The molecule has 1 aliphatic heterocycles. The van der Waals surface area contributed by atoms with Crippen molar-refractivity contribution < 1.29 is 23.5 Å². The van der Waals surface area contributed by atoms with Gasteiger partial charge in [-0.2, -0.15) is 0 Å². The molecule has 0 saturated carbocycles. The van der Waals surface area contributed by atoms with Crippen molar-refractivity contribution in [2.75, 3.05) is 7.11 Å². The second-order valence-electron chi connectivity index (χ2n) is 5.16. The van der Waals surface area contributed by atoms with Gasteiger partial charge in [0.05, 0.1) is 17.6 Å². The van der Waals surface area contributed by atoms with Gasteiger partial charge in [0.15, 0.2) is 11.5 Å². The maximum absolute atomic E-state index is 13.2. The monoisotopic (exact) mass is 389 g/mol. The summed E-state index contributed by atoms with van der Waals surface area (Å²) < 4.78 is 24.2. The highest BCUT2D eigenvalue weighted by Crippen LogP contribution is 2.32. The molecule has 0 bridgehead atoms. The van der Waals surface area contributed by atoms with Crippen LogP contribution in [0, 0.1) is 5.82 Å². The molecule has 0 atom stereocenters. The van der Waals surface area contributed by atoms with Gasteiger partial charge in [-0.3, -0.25) is 4.79 Å². The van der Waals surface area contributed by atoms with Crippen LogP contribution in [0.1, 0.15) is 15.9 Å². The first-order valence-electron chi connectivity index (χ1n) is 7.37. The molecule has 3 rings (SSSR count). The molecule has 1 aliphatic rings. The summed E-state index contributed by atoms with van der Waals surface area (Å²) in [6.07, 6.45) is 1.65. The van der Waals surface area contributed by atoms with Crippen molar-refractivity contribution in [2.45, 2.75) is 0 Å². The minimum atomic E-state index is -0.704. The van der Waals surface area contributed by atoms with E-state index in [4.69, 9.17) is 21.7 Å². The van der Waals surface area contributed by atoms with Crippen LogP contribution < -0.4 is 14.8 Å². The first-order valence-corrected chi connectivity index (χ1v) is 8.59. The predicted molar refractivity (Wildman–Crippen MR) is 101 cm³/mol. The fourth-order valence-corrected chi connectivity index (χ4v) is 3.25. The number of amides is 1. The molecule has 0 aliphatic carbocycles. The van der Waals surface area contributed by atoms with Crippen LogP contribution in [0.2, 0.25) is 0 Å². The number of ether oxygens (including phenoxy) is 2. The normalized spacial score (nSPS) is 15.1. The van der Waals surface area contributed by atoms with Crippen LogP contribution in [0.25, 0.3) is 6.08 Å². The second kappa shape index (κ2) is 7.67. The quantitative estimate of drug-likeness (QED) is 0.373. The number of thioether (sulfide) groups is 1. The number of methoxy groups -OCH3 is 1. The SMILES string of the molecule is COc1cc(/C=C2\SC(=S)NC2=O)ccc1OC(=O)c1cccc(F)c1. The Hall–Kier alpha value is -2.71. The molecule has 1 fully saturated rings. The summed E-state index contributed by atoms with van der Waals surface area (Å²) in [4.78, 5) is 24.3. The van der Waals surface area contributed by atoms with E-state index in [0.29, 0.717) is 20.5 Å². The van der Waals surface area contributed by atoms with Gasteiger partial charge >= 0.3 is 5.97 Å². The third kappa shape index (κ3) is 4.09. The van der Waals surface area contributed by atoms with E-state index in [2.05, 4.69) is 5.32 Å². The van der Waals surface area contributed by atoms with E-state index in [0.717, 1.165) is 6.07 Å². The summed E-state index contributed by atoms with van der Waals surface area (Å²) in [5.74, 6) is -1.01. The Labute approximate surface area is 158 Å². The van der Waals surface area contributed by atoms with E-state index >= 15 is 0 Å². The summed E-state index contributed by atoms with van der Waals surface area (Å²) in [7, 11) is 1.43. The summed E-state index contributed by atoms with van der Waals surface area (Å²) >= 11 is 6.11. The Morgan fingerprint density at radius 3 is 2.69 bits per heavy atom. The molecule has 8 heteroatoms. The number of halogens is 1. The third-order valence-electron chi connectivity index (χ3n) is 3.39. The topological polar surface area (TPSA) is 64.6 Å². The molecule has 0 aromatic heterocycles. The van der Waals surface area contributed by atoms with Gasteiger partial charge in [-0.05, 0) is 42.0 Å². The summed E-state index contributed by atoms with van der Waals surface area (Å²) in [5.41, 5.74) is 0.764. The van der Waals surface area contributed by atoms with Gasteiger partial charge < -0.3 is 14.8 Å². The summed E-state index contributed by atoms with van der Waals surface area (Å²) in [6, 6.07) is 10.0. The highest BCUT2D eigenvalue weighted by Gasteiger charge is 2.22. The molecule has 1 saturated heterocycles. The lowest BCUT2D eigenvalue weighted by atomic mass is 10.1. The average Bonchev–Trinajstić information content (AvgIpc) is 2.93. The van der Waals surface area contributed by atoms with E-state index in [1.54, 1.807) is 18.2 Å². The Bertz CT molecular complexity index is 943. The molecule has 1 N–H and O–H groups in total. The number of thiocarbonyl (C=S) groups is 1. The minimum absolute atomic E-state index is 0.0887. The summed E-state index contributed by atoms with van der Waals surface area (Å²) in [6.45, 7) is 0. The molecule has 1 amide bonds. The number of benzene rings is 2. The molecule has 26 heavy (non-hydrogen) atoms. The second-order valence-corrected chi connectivity index (χ2v) is 6.88. The van der Waals surface area contributed by atoms with Gasteiger partial charge in [-0.25, -0.2) is 9.18 Å². The molecule has 5 nitrogen and oxygen atoms in total. The Morgan fingerprint density at radius 1 is 1.23 bits per heavy atom. The fraction of sp³-hybridized carbons (Fsp3) is 0.0556. The number of hydrogen-bond donors (Lipinski definition) is 1. The van der Waals surface area contributed by atoms with Gasteiger partial charge in [0.25, 0.3) is 5.91 Å². The highest BCUT2D eigenvalue weighted by molar-refractivity contribution is 8.26. The largest absolute Gasteiger partial charge is 0.493 e. The first-order chi connectivity index (χ1) is 12.5. The Kier molecular flexibility index (Phi) is 5.34. The van der Waals surface area contributed by atoms with Crippen molar-refractivity contribution >= 4 is 46.3 Å². The summed E-state index contributed by atoms with van der Waals surface area (Å²) in [5, 5.41) is 2.53. The molecule has 2 aromatic rings. The van der Waals surface area contributed by atoms with Gasteiger partial charge in [0.2, 0.25) is 0 Å². The van der Waals surface area contributed by atoms with Gasteiger partial charge in [-0.1, -0.05) is 36.1 Å². The van der Waals surface area contributed by atoms with Crippen molar-refractivity contribution in [1.29, 1.82) is 0 Å². The lowest BCUT2D eigenvalue weighted by Gasteiger charge is -2.10. The van der Waals surface area contributed by atoms with Gasteiger partial charge in [0.1, 0.15) is 10.1 Å². The fourth-order valence-electron chi connectivity index (χ4n) is 2.20. The van der Waals surface area contributed by atoms with Gasteiger partial charge in [0, 0.05) is 0 Å². The molecular weight excluding hydrogens is 377 g/mol. The maximum Gasteiger partial charge on any atom is 0.343 e. The zero-order valence-corrected chi connectivity index (χ0v) is 15.1. The van der Waals surface area contributed by atoms with E-state index < -0.39 is 11.8 Å². The number of carbonyl (C=O) groups is 2. The molecule has 0 radical (unpaired) electrons. The zero-order valence-electron chi connectivity index (χ0n) is 13.4. The molecular formula is C18H12FNO4S2. The van der Waals surface area contributed by atoms with Crippen molar-refractivity contribution in [3.8, 4) is 11.5 Å². The van der Waals surface area contributed by atoms with Crippen molar-refractivity contribution in [2.24, 2.45) is 0 Å². The Morgan fingerprint density at radius 2 is 2.04 bits per heavy atom.